The first-order valence-corrected chi connectivity index (χ1v) is 10.9. The number of aromatic nitrogens is 3. The highest BCUT2D eigenvalue weighted by Crippen LogP contribution is 2.31. The Balaban J connectivity index is 1.66. The predicted octanol–water partition coefficient (Wildman–Crippen LogP) is 4.14. The quantitative estimate of drug-likeness (QED) is 0.326. The fraction of sp³-hybridized carbons (Fsp3) is 0.130. The average molecular weight is 478 g/mol. The molecular weight excluding hydrogens is 458 g/mol. The first kappa shape index (κ1) is 22.8. The van der Waals surface area contributed by atoms with Crippen LogP contribution >= 0.6 is 11.3 Å². The van der Waals surface area contributed by atoms with Gasteiger partial charge in [-0.3, -0.25) is 25.0 Å². The minimum absolute atomic E-state index is 0.144. The lowest BCUT2D eigenvalue weighted by Gasteiger charge is -2.11. The molecule has 2 aromatic heterocycles. The maximum Gasteiger partial charge on any atom is 0.294 e. The van der Waals surface area contributed by atoms with Gasteiger partial charge in [-0.15, -0.1) is 11.3 Å². The summed E-state index contributed by atoms with van der Waals surface area (Å²) in [5, 5.41) is 18.5. The van der Waals surface area contributed by atoms with Gasteiger partial charge in [0.05, 0.1) is 17.7 Å². The van der Waals surface area contributed by atoms with Crippen molar-refractivity contribution in [2.24, 2.45) is 0 Å². The highest BCUT2D eigenvalue weighted by Gasteiger charge is 2.21. The summed E-state index contributed by atoms with van der Waals surface area (Å²) in [5.74, 6) is -0.0436. The molecule has 10 nitrogen and oxygen atoms in total. The first-order chi connectivity index (χ1) is 16.3. The Morgan fingerprint density at radius 2 is 1.85 bits per heavy atom. The summed E-state index contributed by atoms with van der Waals surface area (Å²) in [4.78, 5) is 41.7. The highest BCUT2D eigenvalue weighted by atomic mass is 32.1. The molecule has 4 rings (SSSR count). The van der Waals surface area contributed by atoms with Gasteiger partial charge in [0.15, 0.2) is 10.8 Å². The molecule has 0 aliphatic rings. The standard InChI is InChI=1S/C23H19N5O5S/c1-13-12-19(29)21(26-27(13)17-6-4-5-7-18(17)28(31)32)22(30)25-23-24-20(14(2)34-23)15-8-10-16(33-3)11-9-15/h4-12H,1-3H3,(H,24,25,30). The smallest absolute Gasteiger partial charge is 0.294 e. The van der Waals surface area contributed by atoms with E-state index in [1.54, 1.807) is 20.1 Å². The second-order valence-corrected chi connectivity index (χ2v) is 8.47. The number of nitrogens with one attached hydrogen (secondary N) is 1. The lowest BCUT2D eigenvalue weighted by atomic mass is 10.1. The summed E-state index contributed by atoms with van der Waals surface area (Å²) < 4.78 is 6.39. The summed E-state index contributed by atoms with van der Waals surface area (Å²) in [7, 11) is 1.58. The number of nitrogens with zero attached hydrogens (tertiary/aromatic N) is 4. The number of carbonyl (C=O) groups excluding carboxylic acids is 1. The highest BCUT2D eigenvalue weighted by molar-refractivity contribution is 7.16. The third-order valence-corrected chi connectivity index (χ3v) is 5.90. The molecule has 0 spiro atoms. The number of hydrogen-bond donors (Lipinski definition) is 1. The molecule has 0 bridgehead atoms. The number of rotatable bonds is 6. The number of thiazole rings is 1. The van der Waals surface area contributed by atoms with Crippen LogP contribution < -0.4 is 15.5 Å². The SMILES string of the molecule is COc1ccc(-c2nc(NC(=O)c3nn(-c4ccccc4[N+](=O)[O-])c(C)cc3=O)sc2C)cc1. The molecule has 1 N–H and O–H groups in total. The van der Waals surface area contributed by atoms with E-state index in [0.717, 1.165) is 10.4 Å². The summed E-state index contributed by atoms with van der Waals surface area (Å²) >= 11 is 1.26. The Labute approximate surface area is 197 Å². The van der Waals surface area contributed by atoms with Crippen molar-refractivity contribution in [2.75, 3.05) is 12.4 Å². The van der Waals surface area contributed by atoms with Crippen LogP contribution in [0.5, 0.6) is 5.75 Å². The number of anilines is 1. The minimum atomic E-state index is -0.757. The van der Waals surface area contributed by atoms with Crippen LogP contribution in [0.3, 0.4) is 0 Å². The van der Waals surface area contributed by atoms with Gasteiger partial charge in [0.25, 0.3) is 11.6 Å². The lowest BCUT2D eigenvalue weighted by Crippen LogP contribution is -2.27. The molecule has 0 unspecified atom stereocenters. The number of methoxy groups -OCH3 is 1. The zero-order chi connectivity index (χ0) is 24.4. The first-order valence-electron chi connectivity index (χ1n) is 10.1. The van der Waals surface area contributed by atoms with Crippen molar-refractivity contribution in [1.29, 1.82) is 0 Å². The molecule has 2 heterocycles. The number of amides is 1. The van der Waals surface area contributed by atoms with E-state index in [2.05, 4.69) is 15.4 Å². The van der Waals surface area contributed by atoms with E-state index in [-0.39, 0.29) is 11.4 Å². The van der Waals surface area contributed by atoms with Gasteiger partial charge in [0, 0.05) is 28.3 Å². The Hall–Kier alpha value is -4.38. The normalized spacial score (nSPS) is 10.7. The molecule has 0 saturated heterocycles. The number of ether oxygens (including phenoxy) is 1. The molecule has 4 aromatic rings. The van der Waals surface area contributed by atoms with E-state index in [4.69, 9.17) is 4.74 Å². The van der Waals surface area contributed by atoms with Crippen molar-refractivity contribution in [3.63, 3.8) is 0 Å². The zero-order valence-electron chi connectivity index (χ0n) is 18.4. The number of carbonyl (C=O) groups is 1. The van der Waals surface area contributed by atoms with Crippen molar-refractivity contribution in [1.82, 2.24) is 14.8 Å². The van der Waals surface area contributed by atoms with Gasteiger partial charge in [-0.05, 0) is 44.2 Å². The molecule has 172 valence electrons. The lowest BCUT2D eigenvalue weighted by molar-refractivity contribution is -0.384. The Bertz CT molecular complexity index is 1460. The number of benzene rings is 2. The molecule has 0 radical (unpaired) electrons. The summed E-state index contributed by atoms with van der Waals surface area (Å²) in [5.41, 5.74) is 0.831. The van der Waals surface area contributed by atoms with Crippen molar-refractivity contribution in [3.05, 3.63) is 91.2 Å². The number of para-hydroxylation sites is 2. The summed E-state index contributed by atoms with van der Waals surface area (Å²) in [6.45, 7) is 3.46. The van der Waals surface area contributed by atoms with E-state index < -0.39 is 22.0 Å². The molecule has 0 saturated carbocycles. The monoisotopic (exact) mass is 477 g/mol. The van der Waals surface area contributed by atoms with Gasteiger partial charge in [-0.1, -0.05) is 12.1 Å². The Morgan fingerprint density at radius 1 is 1.15 bits per heavy atom. The number of nitro groups is 1. The number of nitro benzene ring substituents is 1. The fourth-order valence-electron chi connectivity index (χ4n) is 3.37. The molecule has 34 heavy (non-hydrogen) atoms. The van der Waals surface area contributed by atoms with Gasteiger partial charge < -0.3 is 4.74 Å². The van der Waals surface area contributed by atoms with Crippen molar-refractivity contribution >= 4 is 28.1 Å². The third-order valence-electron chi connectivity index (χ3n) is 5.01. The summed E-state index contributed by atoms with van der Waals surface area (Å²) in [6.07, 6.45) is 0. The molecule has 11 heteroatoms. The van der Waals surface area contributed by atoms with E-state index in [1.165, 1.54) is 40.3 Å². The van der Waals surface area contributed by atoms with Crippen LogP contribution in [-0.2, 0) is 0 Å². The Kier molecular flexibility index (Phi) is 6.19. The molecule has 0 aliphatic heterocycles. The maximum absolute atomic E-state index is 12.9. The zero-order valence-corrected chi connectivity index (χ0v) is 19.3. The largest absolute Gasteiger partial charge is 0.497 e. The van der Waals surface area contributed by atoms with Gasteiger partial charge in [0.2, 0.25) is 5.43 Å². The third kappa shape index (κ3) is 4.41. The van der Waals surface area contributed by atoms with Crippen LogP contribution in [0.15, 0.2) is 59.4 Å². The number of hydrogen-bond acceptors (Lipinski definition) is 8. The second-order valence-electron chi connectivity index (χ2n) is 7.26. The van der Waals surface area contributed by atoms with Crippen LogP contribution in [-0.4, -0.2) is 32.7 Å². The Morgan fingerprint density at radius 3 is 2.53 bits per heavy atom. The van der Waals surface area contributed by atoms with Crippen LogP contribution in [0.4, 0.5) is 10.8 Å². The molecule has 2 aromatic carbocycles. The average Bonchev–Trinajstić information content (AvgIpc) is 3.18. The fourth-order valence-corrected chi connectivity index (χ4v) is 4.20. The van der Waals surface area contributed by atoms with Gasteiger partial charge in [-0.2, -0.15) is 5.10 Å². The second kappa shape index (κ2) is 9.24. The van der Waals surface area contributed by atoms with Crippen LogP contribution in [0.2, 0.25) is 0 Å². The van der Waals surface area contributed by atoms with Crippen LogP contribution in [0.25, 0.3) is 16.9 Å². The molecule has 1 amide bonds. The van der Waals surface area contributed by atoms with Crippen LogP contribution in [0, 0.1) is 24.0 Å². The van der Waals surface area contributed by atoms with Crippen molar-refractivity contribution < 1.29 is 14.5 Å². The van der Waals surface area contributed by atoms with Crippen molar-refractivity contribution in [2.45, 2.75) is 13.8 Å². The predicted molar refractivity (Wildman–Crippen MR) is 128 cm³/mol. The van der Waals surface area contributed by atoms with Gasteiger partial charge in [0.1, 0.15) is 11.4 Å². The molecule has 0 atom stereocenters. The van der Waals surface area contributed by atoms with E-state index >= 15 is 0 Å². The van der Waals surface area contributed by atoms with Crippen LogP contribution in [0.1, 0.15) is 21.1 Å². The van der Waals surface area contributed by atoms with E-state index in [9.17, 15) is 19.7 Å². The van der Waals surface area contributed by atoms with Crippen molar-refractivity contribution in [3.8, 4) is 22.7 Å². The maximum atomic E-state index is 12.9. The van der Waals surface area contributed by atoms with E-state index in [1.807, 2.05) is 31.2 Å². The van der Waals surface area contributed by atoms with E-state index in [0.29, 0.717) is 22.3 Å². The van der Waals surface area contributed by atoms with Gasteiger partial charge >= 0.3 is 0 Å². The minimum Gasteiger partial charge on any atom is -0.497 e. The molecular formula is C23H19N5O5S. The molecule has 0 aliphatic carbocycles. The van der Waals surface area contributed by atoms with Gasteiger partial charge in [-0.25, -0.2) is 9.67 Å². The topological polar surface area (TPSA) is 129 Å². The summed E-state index contributed by atoms with van der Waals surface area (Å²) in [6, 6.07) is 14.5. The molecule has 0 fully saturated rings. The number of aryl methyl sites for hydroxylation is 2.